The standard InChI is InChI=1S/C14H16NSi/c1-11-6-4-5-7-13(11)14-9-8-12(16-3)10-15(14)2/h4-10H,1-3H3/q+1. The second-order valence-corrected chi connectivity index (χ2v) is 5.06. The van der Waals surface area contributed by atoms with Crippen molar-refractivity contribution in [2.75, 3.05) is 0 Å². The molecule has 1 aromatic heterocycles. The molecule has 1 aromatic carbocycles. The number of nitrogens with zero attached hydrogens (tertiary/aromatic N) is 1. The van der Waals surface area contributed by atoms with Crippen molar-refractivity contribution < 1.29 is 4.57 Å². The van der Waals surface area contributed by atoms with Crippen LogP contribution in [0.3, 0.4) is 0 Å². The van der Waals surface area contributed by atoms with Gasteiger partial charge in [-0.2, -0.15) is 0 Å². The third kappa shape index (κ3) is 2.07. The van der Waals surface area contributed by atoms with Crippen LogP contribution in [0.4, 0.5) is 0 Å². The largest absolute Gasteiger partial charge is 0.212 e. The van der Waals surface area contributed by atoms with Crippen LogP contribution in [0, 0.1) is 6.92 Å². The molecule has 80 valence electrons. The molecular weight excluding hydrogens is 210 g/mol. The summed E-state index contributed by atoms with van der Waals surface area (Å²) in [6, 6.07) is 13.0. The quantitative estimate of drug-likeness (QED) is 0.544. The molecule has 0 fully saturated rings. The maximum Gasteiger partial charge on any atom is 0.212 e. The first kappa shape index (κ1) is 11.1. The second kappa shape index (κ2) is 4.62. The molecule has 1 heterocycles. The minimum atomic E-state index is 0.857. The van der Waals surface area contributed by atoms with Crippen molar-refractivity contribution in [1.29, 1.82) is 0 Å². The Morgan fingerprint density at radius 1 is 1.06 bits per heavy atom. The van der Waals surface area contributed by atoms with E-state index in [1.807, 2.05) is 0 Å². The lowest BCUT2D eigenvalue weighted by Crippen LogP contribution is -2.36. The summed E-state index contributed by atoms with van der Waals surface area (Å²) in [5, 5.41) is 1.40. The summed E-state index contributed by atoms with van der Waals surface area (Å²) in [5.74, 6) is 0. The fourth-order valence-electron chi connectivity index (χ4n) is 1.90. The lowest BCUT2D eigenvalue weighted by molar-refractivity contribution is -0.659. The number of rotatable bonds is 2. The predicted molar refractivity (Wildman–Crippen MR) is 69.0 cm³/mol. The number of aryl methyl sites for hydroxylation is 2. The third-order valence-electron chi connectivity index (χ3n) is 2.84. The number of aromatic nitrogens is 1. The van der Waals surface area contributed by atoms with Crippen LogP contribution in [0.25, 0.3) is 11.3 Å². The topological polar surface area (TPSA) is 3.88 Å². The second-order valence-electron chi connectivity index (χ2n) is 3.98. The Labute approximate surface area is 99.6 Å². The van der Waals surface area contributed by atoms with Crippen molar-refractivity contribution in [3.8, 4) is 11.3 Å². The van der Waals surface area contributed by atoms with Gasteiger partial charge >= 0.3 is 0 Å². The molecule has 0 aliphatic carbocycles. The van der Waals surface area contributed by atoms with Crippen LogP contribution in [0.1, 0.15) is 5.56 Å². The van der Waals surface area contributed by atoms with Crippen molar-refractivity contribution in [1.82, 2.24) is 0 Å². The van der Waals surface area contributed by atoms with E-state index in [4.69, 9.17) is 0 Å². The van der Waals surface area contributed by atoms with Crippen LogP contribution in [-0.2, 0) is 7.05 Å². The predicted octanol–water partition coefficient (Wildman–Crippen LogP) is 1.86. The Hall–Kier alpha value is -1.41. The molecule has 0 atom stereocenters. The average molecular weight is 226 g/mol. The molecule has 2 radical (unpaired) electrons. The van der Waals surface area contributed by atoms with E-state index < -0.39 is 0 Å². The first-order valence-electron chi connectivity index (χ1n) is 5.46. The Morgan fingerprint density at radius 2 is 1.81 bits per heavy atom. The summed E-state index contributed by atoms with van der Waals surface area (Å²) in [6.45, 7) is 4.37. The number of benzene rings is 1. The van der Waals surface area contributed by atoms with Gasteiger partial charge in [-0.25, -0.2) is 4.57 Å². The van der Waals surface area contributed by atoms with E-state index in [2.05, 4.69) is 67.7 Å². The zero-order valence-electron chi connectivity index (χ0n) is 9.99. The highest BCUT2D eigenvalue weighted by atomic mass is 28.2. The van der Waals surface area contributed by atoms with E-state index >= 15 is 0 Å². The van der Waals surface area contributed by atoms with E-state index in [0.29, 0.717) is 0 Å². The molecule has 0 N–H and O–H groups in total. The highest BCUT2D eigenvalue weighted by Crippen LogP contribution is 2.18. The van der Waals surface area contributed by atoms with Gasteiger partial charge in [0.05, 0.1) is 9.52 Å². The number of hydrogen-bond donors (Lipinski definition) is 0. The summed E-state index contributed by atoms with van der Waals surface area (Å²) >= 11 is 0. The normalized spacial score (nSPS) is 10.4. The molecule has 0 aliphatic rings. The SMILES string of the molecule is C[Si]c1ccc(-c2ccccc2C)[n+](C)c1. The highest BCUT2D eigenvalue weighted by molar-refractivity contribution is 6.51. The van der Waals surface area contributed by atoms with Gasteiger partial charge in [-0.1, -0.05) is 30.8 Å². The van der Waals surface area contributed by atoms with Crippen molar-refractivity contribution in [2.24, 2.45) is 7.05 Å². The summed E-state index contributed by atoms with van der Waals surface area (Å²) in [5.41, 5.74) is 3.92. The van der Waals surface area contributed by atoms with Crippen LogP contribution < -0.4 is 9.75 Å². The van der Waals surface area contributed by atoms with Crippen molar-refractivity contribution in [3.05, 3.63) is 48.2 Å². The molecule has 0 aliphatic heterocycles. The smallest absolute Gasteiger partial charge is 0.201 e. The van der Waals surface area contributed by atoms with Gasteiger partial charge in [0.15, 0.2) is 6.20 Å². The van der Waals surface area contributed by atoms with Gasteiger partial charge in [-0.3, -0.25) is 0 Å². The van der Waals surface area contributed by atoms with Gasteiger partial charge in [0.25, 0.3) is 0 Å². The van der Waals surface area contributed by atoms with Gasteiger partial charge in [-0.15, -0.1) is 0 Å². The average Bonchev–Trinajstić information content (AvgIpc) is 2.30. The summed E-state index contributed by atoms with van der Waals surface area (Å²) in [7, 11) is 2.97. The van der Waals surface area contributed by atoms with Gasteiger partial charge in [0.2, 0.25) is 5.69 Å². The van der Waals surface area contributed by atoms with E-state index in [1.165, 1.54) is 22.0 Å². The highest BCUT2D eigenvalue weighted by Gasteiger charge is 2.11. The Balaban J connectivity index is 2.53. The fraction of sp³-hybridized carbons (Fsp3) is 0.214. The summed E-state index contributed by atoms with van der Waals surface area (Å²) in [4.78, 5) is 0. The number of hydrogen-bond acceptors (Lipinski definition) is 0. The molecule has 2 heteroatoms. The van der Waals surface area contributed by atoms with Gasteiger partial charge < -0.3 is 0 Å². The number of pyridine rings is 1. The summed E-state index contributed by atoms with van der Waals surface area (Å²) in [6.07, 6.45) is 2.22. The molecule has 0 unspecified atom stereocenters. The molecule has 1 nitrogen and oxygen atoms in total. The van der Waals surface area contributed by atoms with Crippen LogP contribution in [0.15, 0.2) is 42.6 Å². The van der Waals surface area contributed by atoms with E-state index in [-0.39, 0.29) is 0 Å². The van der Waals surface area contributed by atoms with Gasteiger partial charge in [0, 0.05) is 11.6 Å². The molecule has 2 aromatic rings. The molecule has 0 spiro atoms. The monoisotopic (exact) mass is 226 g/mol. The fourth-order valence-corrected chi connectivity index (χ4v) is 2.47. The lowest BCUT2D eigenvalue weighted by Gasteiger charge is -2.04. The molecular formula is C14H16NSi+. The van der Waals surface area contributed by atoms with Gasteiger partial charge in [0.1, 0.15) is 7.05 Å². The third-order valence-corrected chi connectivity index (χ3v) is 3.72. The van der Waals surface area contributed by atoms with Crippen molar-refractivity contribution >= 4 is 14.7 Å². The first-order chi connectivity index (χ1) is 7.72. The Bertz CT molecular complexity index is 506. The zero-order chi connectivity index (χ0) is 11.5. The first-order valence-corrected chi connectivity index (χ1v) is 6.96. The van der Waals surface area contributed by atoms with E-state index in [0.717, 1.165) is 9.52 Å². The van der Waals surface area contributed by atoms with Crippen LogP contribution >= 0.6 is 0 Å². The minimum Gasteiger partial charge on any atom is -0.201 e. The van der Waals surface area contributed by atoms with Crippen LogP contribution in [0.5, 0.6) is 0 Å². The summed E-state index contributed by atoms with van der Waals surface area (Å²) < 4.78 is 2.22. The van der Waals surface area contributed by atoms with Crippen LogP contribution in [0.2, 0.25) is 6.55 Å². The molecule has 16 heavy (non-hydrogen) atoms. The molecule has 2 rings (SSSR count). The lowest BCUT2D eigenvalue weighted by atomic mass is 10.1. The van der Waals surface area contributed by atoms with Gasteiger partial charge in [-0.05, 0) is 23.7 Å². The minimum absolute atomic E-state index is 0.857. The maximum atomic E-state index is 2.22. The van der Waals surface area contributed by atoms with E-state index in [1.54, 1.807) is 0 Å². The Morgan fingerprint density at radius 3 is 2.44 bits per heavy atom. The zero-order valence-corrected chi connectivity index (χ0v) is 11.0. The van der Waals surface area contributed by atoms with Crippen LogP contribution in [-0.4, -0.2) is 9.52 Å². The molecule has 0 saturated carbocycles. The molecule has 0 bridgehead atoms. The molecule has 0 amide bonds. The maximum absolute atomic E-state index is 2.22. The Kier molecular flexibility index (Phi) is 3.20. The molecule has 0 saturated heterocycles. The van der Waals surface area contributed by atoms with E-state index in [9.17, 15) is 0 Å². The van der Waals surface area contributed by atoms with Crippen molar-refractivity contribution in [2.45, 2.75) is 13.5 Å². The van der Waals surface area contributed by atoms with Crippen molar-refractivity contribution in [3.63, 3.8) is 0 Å².